The second kappa shape index (κ2) is 7.08. The Labute approximate surface area is 147 Å². The number of thiazole rings is 1. The van der Waals surface area contributed by atoms with Gasteiger partial charge in [-0.25, -0.2) is 4.98 Å². The van der Waals surface area contributed by atoms with Crippen molar-refractivity contribution in [1.82, 2.24) is 15.3 Å². The molecule has 1 amide bonds. The molecule has 0 aliphatic heterocycles. The molecule has 0 aliphatic rings. The maximum absolute atomic E-state index is 12.2. The molecule has 4 nitrogen and oxygen atoms in total. The van der Waals surface area contributed by atoms with E-state index in [4.69, 9.17) is 23.2 Å². The zero-order valence-electron chi connectivity index (χ0n) is 11.8. The van der Waals surface area contributed by atoms with Crippen LogP contribution in [0.5, 0.6) is 0 Å². The molecule has 0 aliphatic carbocycles. The Morgan fingerprint density at radius 1 is 1.22 bits per heavy atom. The van der Waals surface area contributed by atoms with Gasteiger partial charge >= 0.3 is 0 Å². The minimum atomic E-state index is -0.287. The van der Waals surface area contributed by atoms with E-state index in [2.05, 4.69) is 15.3 Å². The molecule has 0 bridgehead atoms. The van der Waals surface area contributed by atoms with Crippen LogP contribution >= 0.6 is 34.5 Å². The van der Waals surface area contributed by atoms with Gasteiger partial charge in [-0.1, -0.05) is 29.3 Å². The summed E-state index contributed by atoms with van der Waals surface area (Å²) in [5.74, 6) is -0.287. The van der Waals surface area contributed by atoms with Crippen LogP contribution in [0.2, 0.25) is 10.0 Å². The average molecular weight is 364 g/mol. The highest BCUT2D eigenvalue weighted by Gasteiger charge is 2.12. The summed E-state index contributed by atoms with van der Waals surface area (Å²) < 4.78 is 0. The molecule has 23 heavy (non-hydrogen) atoms. The Morgan fingerprint density at radius 2 is 2.09 bits per heavy atom. The van der Waals surface area contributed by atoms with Crippen LogP contribution in [0.1, 0.15) is 16.1 Å². The van der Waals surface area contributed by atoms with Crippen molar-refractivity contribution in [3.63, 3.8) is 0 Å². The van der Waals surface area contributed by atoms with Gasteiger partial charge in [0.1, 0.15) is 5.01 Å². The van der Waals surface area contributed by atoms with Crippen molar-refractivity contribution in [2.24, 2.45) is 0 Å². The smallest absolute Gasteiger partial charge is 0.253 e. The standard InChI is InChI=1S/C16H11Cl2N3OS/c17-10-4-5-13(18)12(7-10)15(22)20-8-11-9-23-16(21-11)14-3-1-2-6-19-14/h1-7,9H,8H2,(H,20,22). The molecule has 116 valence electrons. The third kappa shape index (κ3) is 3.88. The molecular weight excluding hydrogens is 353 g/mol. The Morgan fingerprint density at radius 3 is 2.87 bits per heavy atom. The second-order valence-corrected chi connectivity index (χ2v) is 6.37. The fourth-order valence-electron chi connectivity index (χ4n) is 1.93. The molecule has 0 spiro atoms. The van der Waals surface area contributed by atoms with Crippen LogP contribution in [-0.2, 0) is 6.54 Å². The van der Waals surface area contributed by atoms with E-state index in [1.807, 2.05) is 23.6 Å². The molecule has 2 aromatic heterocycles. The Balaban J connectivity index is 1.68. The summed E-state index contributed by atoms with van der Waals surface area (Å²) in [6.45, 7) is 0.311. The first-order valence-corrected chi connectivity index (χ1v) is 8.36. The summed E-state index contributed by atoms with van der Waals surface area (Å²) in [6, 6.07) is 10.4. The number of carbonyl (C=O) groups excluding carboxylic acids is 1. The van der Waals surface area contributed by atoms with Crippen LogP contribution in [0.4, 0.5) is 0 Å². The highest BCUT2D eigenvalue weighted by Crippen LogP contribution is 2.22. The number of nitrogens with zero attached hydrogens (tertiary/aromatic N) is 2. The average Bonchev–Trinajstić information content (AvgIpc) is 3.05. The topological polar surface area (TPSA) is 54.9 Å². The Hall–Kier alpha value is -1.95. The van der Waals surface area contributed by atoms with E-state index in [0.29, 0.717) is 22.2 Å². The molecule has 0 fully saturated rings. The fraction of sp³-hybridized carbons (Fsp3) is 0.0625. The first kappa shape index (κ1) is 15.9. The number of carbonyl (C=O) groups is 1. The lowest BCUT2D eigenvalue weighted by Crippen LogP contribution is -2.23. The maximum Gasteiger partial charge on any atom is 0.253 e. The van der Waals surface area contributed by atoms with E-state index in [1.54, 1.807) is 24.4 Å². The summed E-state index contributed by atoms with van der Waals surface area (Å²) in [5.41, 5.74) is 1.93. The highest BCUT2D eigenvalue weighted by atomic mass is 35.5. The molecule has 0 atom stereocenters. The number of benzene rings is 1. The van der Waals surface area contributed by atoms with Gasteiger partial charge in [0.15, 0.2) is 0 Å². The minimum Gasteiger partial charge on any atom is -0.346 e. The lowest BCUT2D eigenvalue weighted by molar-refractivity contribution is 0.0950. The number of amides is 1. The molecule has 3 aromatic rings. The molecule has 0 radical (unpaired) electrons. The molecule has 1 aromatic carbocycles. The van der Waals surface area contributed by atoms with Crippen LogP contribution in [0.15, 0.2) is 48.0 Å². The van der Waals surface area contributed by atoms with Crippen molar-refractivity contribution in [2.75, 3.05) is 0 Å². The van der Waals surface area contributed by atoms with Gasteiger partial charge in [0.05, 0.1) is 28.5 Å². The number of rotatable bonds is 4. The molecular formula is C16H11Cl2N3OS. The van der Waals surface area contributed by atoms with E-state index < -0.39 is 0 Å². The van der Waals surface area contributed by atoms with E-state index in [9.17, 15) is 4.79 Å². The van der Waals surface area contributed by atoms with E-state index in [-0.39, 0.29) is 5.91 Å². The van der Waals surface area contributed by atoms with Crippen molar-refractivity contribution in [3.05, 3.63) is 69.3 Å². The normalized spacial score (nSPS) is 10.5. The number of pyridine rings is 1. The van der Waals surface area contributed by atoms with Gasteiger partial charge < -0.3 is 5.32 Å². The van der Waals surface area contributed by atoms with Gasteiger partial charge in [0, 0.05) is 16.6 Å². The number of hydrogen-bond acceptors (Lipinski definition) is 4. The van der Waals surface area contributed by atoms with Crippen LogP contribution in [0.3, 0.4) is 0 Å². The summed E-state index contributed by atoms with van der Waals surface area (Å²) in [6.07, 6.45) is 1.72. The van der Waals surface area contributed by atoms with Crippen LogP contribution in [-0.4, -0.2) is 15.9 Å². The maximum atomic E-state index is 12.2. The van der Waals surface area contributed by atoms with E-state index >= 15 is 0 Å². The SMILES string of the molecule is O=C(NCc1csc(-c2ccccn2)n1)c1cc(Cl)ccc1Cl. The first-order chi connectivity index (χ1) is 11.1. The number of hydrogen-bond donors (Lipinski definition) is 1. The summed E-state index contributed by atoms with van der Waals surface area (Å²) in [7, 11) is 0. The van der Waals surface area contributed by atoms with E-state index in [1.165, 1.54) is 11.3 Å². The zero-order valence-corrected chi connectivity index (χ0v) is 14.1. The summed E-state index contributed by atoms with van der Waals surface area (Å²) in [5, 5.41) is 6.32. The zero-order chi connectivity index (χ0) is 16.2. The molecule has 7 heteroatoms. The lowest BCUT2D eigenvalue weighted by atomic mass is 10.2. The van der Waals surface area contributed by atoms with Crippen LogP contribution in [0.25, 0.3) is 10.7 Å². The van der Waals surface area contributed by atoms with Crippen molar-refractivity contribution < 1.29 is 4.79 Å². The van der Waals surface area contributed by atoms with Crippen molar-refractivity contribution in [3.8, 4) is 10.7 Å². The quantitative estimate of drug-likeness (QED) is 0.745. The monoisotopic (exact) mass is 363 g/mol. The second-order valence-electron chi connectivity index (χ2n) is 4.67. The predicted molar refractivity (Wildman–Crippen MR) is 93.0 cm³/mol. The summed E-state index contributed by atoms with van der Waals surface area (Å²) >= 11 is 13.4. The van der Waals surface area contributed by atoms with E-state index in [0.717, 1.165) is 16.4 Å². The van der Waals surface area contributed by atoms with Crippen molar-refractivity contribution in [2.45, 2.75) is 6.54 Å². The molecule has 1 N–H and O–H groups in total. The molecule has 0 saturated heterocycles. The molecule has 0 saturated carbocycles. The number of nitrogens with one attached hydrogen (secondary N) is 1. The largest absolute Gasteiger partial charge is 0.346 e. The first-order valence-electron chi connectivity index (χ1n) is 6.72. The Bertz CT molecular complexity index is 836. The van der Waals surface area contributed by atoms with Crippen LogP contribution < -0.4 is 5.32 Å². The van der Waals surface area contributed by atoms with Gasteiger partial charge in [-0.15, -0.1) is 11.3 Å². The van der Waals surface area contributed by atoms with Crippen LogP contribution in [0, 0.1) is 0 Å². The highest BCUT2D eigenvalue weighted by molar-refractivity contribution is 7.13. The number of halogens is 2. The molecule has 2 heterocycles. The number of aromatic nitrogens is 2. The molecule has 0 unspecified atom stereocenters. The van der Waals surface area contributed by atoms with Gasteiger partial charge in [-0.2, -0.15) is 0 Å². The third-order valence-electron chi connectivity index (χ3n) is 3.04. The minimum absolute atomic E-state index is 0.287. The Kier molecular flexibility index (Phi) is 4.91. The van der Waals surface area contributed by atoms with Gasteiger partial charge in [-0.05, 0) is 30.3 Å². The van der Waals surface area contributed by atoms with Crippen molar-refractivity contribution >= 4 is 40.4 Å². The third-order valence-corrected chi connectivity index (χ3v) is 4.52. The van der Waals surface area contributed by atoms with Gasteiger partial charge in [-0.3, -0.25) is 9.78 Å². The van der Waals surface area contributed by atoms with Gasteiger partial charge in [0.25, 0.3) is 5.91 Å². The predicted octanol–water partition coefficient (Wildman–Crippen LogP) is 4.44. The fourth-order valence-corrected chi connectivity index (χ4v) is 3.10. The molecule has 3 rings (SSSR count). The van der Waals surface area contributed by atoms with Crippen molar-refractivity contribution in [1.29, 1.82) is 0 Å². The lowest BCUT2D eigenvalue weighted by Gasteiger charge is -2.05. The summed E-state index contributed by atoms with van der Waals surface area (Å²) in [4.78, 5) is 20.9. The van der Waals surface area contributed by atoms with Gasteiger partial charge in [0.2, 0.25) is 0 Å².